The monoisotopic (exact) mass is 825 g/mol. The third-order valence-corrected chi connectivity index (χ3v) is 12.2. The number of aryl methyl sites for hydroxylation is 2. The number of benzene rings is 7. The Morgan fingerprint density at radius 1 is 0.603 bits per heavy atom. The first kappa shape index (κ1) is 42.3. The molecule has 63 heavy (non-hydrogen) atoms. The molecule has 0 saturated heterocycles. The minimum atomic E-state index is 0.869. The molecular weight excluding hydrogens is 771 g/mol. The Labute approximate surface area is 371 Å². The number of para-hydroxylation sites is 5. The molecule has 7 aromatic carbocycles. The zero-order chi connectivity index (χ0) is 44.2. The number of anilines is 2. The molecule has 0 unspecified atom stereocenters. The highest BCUT2D eigenvalue weighted by Gasteiger charge is 2.21. The fourth-order valence-electron chi connectivity index (χ4n) is 8.83. The van der Waals surface area contributed by atoms with Crippen molar-refractivity contribution in [3.05, 3.63) is 179 Å². The van der Waals surface area contributed by atoms with E-state index < -0.39 is 0 Å². The molecule has 0 N–H and O–H groups in total. The van der Waals surface area contributed by atoms with Gasteiger partial charge in [-0.2, -0.15) is 10.2 Å². The molecule has 0 bridgehead atoms. The smallest absolute Gasteiger partial charge is 0.0859 e. The molecule has 0 aliphatic carbocycles. The third-order valence-electron chi connectivity index (χ3n) is 12.2. The molecule has 7 nitrogen and oxygen atoms in total. The summed E-state index contributed by atoms with van der Waals surface area (Å²) in [7, 11) is 2.12. The van der Waals surface area contributed by atoms with Crippen molar-refractivity contribution < 1.29 is 0 Å². The fourth-order valence-corrected chi connectivity index (χ4v) is 8.83. The predicted octanol–water partition coefficient (Wildman–Crippen LogP) is 14.7. The number of nitrogens with zero attached hydrogens (tertiary/aromatic N) is 7. The van der Waals surface area contributed by atoms with Crippen molar-refractivity contribution in [1.29, 1.82) is 0 Å². The maximum Gasteiger partial charge on any atom is 0.0859 e. The molecule has 0 radical (unpaired) electrons. The van der Waals surface area contributed by atoms with Crippen molar-refractivity contribution in [1.82, 2.24) is 19.6 Å². The van der Waals surface area contributed by atoms with Crippen LogP contribution in [0, 0.1) is 34.6 Å². The normalized spacial score (nSPS) is 11.3. The molecule has 314 valence electrons. The van der Waals surface area contributed by atoms with E-state index in [1.54, 1.807) is 0 Å². The van der Waals surface area contributed by atoms with Crippen LogP contribution in [0.3, 0.4) is 0 Å². The van der Waals surface area contributed by atoms with E-state index in [0.717, 1.165) is 74.3 Å². The van der Waals surface area contributed by atoms with Gasteiger partial charge in [0, 0.05) is 29.7 Å². The van der Waals surface area contributed by atoms with E-state index in [9.17, 15) is 0 Å². The lowest BCUT2D eigenvalue weighted by Gasteiger charge is -2.25. The summed E-state index contributed by atoms with van der Waals surface area (Å²) in [6, 6.07) is 46.8. The van der Waals surface area contributed by atoms with Crippen LogP contribution in [0.2, 0.25) is 0 Å². The van der Waals surface area contributed by atoms with Gasteiger partial charge in [-0.25, -0.2) is 9.36 Å². The SMILES string of the molecule is C=Nc1ccccc1N(C)c1cc(CCC)cc(-c2c(C)c(C)c(-c3cc(-n4ncc5ccccc54)cc(-n4ncc5ccccc54)c3)c(C)c2C)c1.CC=Nc1ccccc1C. The van der Waals surface area contributed by atoms with Gasteiger partial charge < -0.3 is 4.90 Å². The lowest BCUT2D eigenvalue weighted by atomic mass is 9.82. The molecule has 0 saturated carbocycles. The second-order valence-electron chi connectivity index (χ2n) is 16.2. The van der Waals surface area contributed by atoms with E-state index in [2.05, 4.69) is 173 Å². The molecule has 0 spiro atoms. The zero-order valence-corrected chi connectivity index (χ0v) is 37.7. The average Bonchev–Trinajstić information content (AvgIpc) is 3.95. The van der Waals surface area contributed by atoms with Crippen molar-refractivity contribution in [3.8, 4) is 33.6 Å². The van der Waals surface area contributed by atoms with Crippen molar-refractivity contribution >= 4 is 57.5 Å². The van der Waals surface area contributed by atoms with Crippen molar-refractivity contribution in [3.63, 3.8) is 0 Å². The summed E-state index contributed by atoms with van der Waals surface area (Å²) in [4.78, 5) is 10.7. The topological polar surface area (TPSA) is 63.6 Å². The van der Waals surface area contributed by atoms with Gasteiger partial charge in [-0.1, -0.05) is 86.1 Å². The standard InChI is InChI=1S/C47H44N6.C9H11N/c1-8-15-34-22-37(24-39(23-34)51(7)45-21-14-11-18-42(45)48-6)46-30(2)32(4)47(33(5)31(46)3)38-25-40(52-43-19-12-9-16-35(43)28-49-52)27-41(26-38)53-44-20-13-10-17-36(44)29-50-53;1-3-10-9-7-5-4-6-8(9)2/h9-14,16-29H,6,8,15H2,1-5,7H3;3-7H,1-2H3. The van der Waals surface area contributed by atoms with Crippen LogP contribution in [-0.4, -0.2) is 39.5 Å². The summed E-state index contributed by atoms with van der Waals surface area (Å²) in [6.45, 7) is 19.2. The minimum Gasteiger partial charge on any atom is -0.343 e. The van der Waals surface area contributed by atoms with Gasteiger partial charge in [-0.05, 0) is 171 Å². The second-order valence-corrected chi connectivity index (χ2v) is 16.2. The first-order chi connectivity index (χ1) is 30.6. The number of hydrogen-bond donors (Lipinski definition) is 0. The van der Waals surface area contributed by atoms with Gasteiger partial charge in [-0.15, -0.1) is 0 Å². The molecule has 2 heterocycles. The Kier molecular flexibility index (Phi) is 12.3. The molecule has 2 aromatic heterocycles. The van der Waals surface area contributed by atoms with Crippen LogP contribution in [0.25, 0.3) is 55.4 Å². The fraction of sp³-hybridized carbons (Fsp3) is 0.179. The van der Waals surface area contributed by atoms with Crippen LogP contribution in [0.1, 0.15) is 53.6 Å². The Hall–Kier alpha value is -7.38. The van der Waals surface area contributed by atoms with E-state index >= 15 is 0 Å². The van der Waals surface area contributed by atoms with Crippen LogP contribution in [0.4, 0.5) is 22.7 Å². The highest BCUT2D eigenvalue weighted by Crippen LogP contribution is 2.43. The van der Waals surface area contributed by atoms with Crippen LogP contribution in [0.15, 0.2) is 156 Å². The molecular formula is C56H55N7. The largest absolute Gasteiger partial charge is 0.343 e. The highest BCUT2D eigenvalue weighted by molar-refractivity contribution is 5.88. The summed E-state index contributed by atoms with van der Waals surface area (Å²) in [5, 5.41) is 11.9. The quantitative estimate of drug-likeness (QED) is 0.129. The first-order valence-corrected chi connectivity index (χ1v) is 21.7. The maximum absolute atomic E-state index is 4.87. The lowest BCUT2D eigenvalue weighted by molar-refractivity contribution is 0.886. The van der Waals surface area contributed by atoms with Crippen LogP contribution >= 0.6 is 0 Å². The lowest BCUT2D eigenvalue weighted by Crippen LogP contribution is -2.10. The number of aliphatic imine (C=N–C) groups is 2. The van der Waals surface area contributed by atoms with Gasteiger partial charge in [0.15, 0.2) is 0 Å². The van der Waals surface area contributed by atoms with Gasteiger partial charge in [0.1, 0.15) is 0 Å². The highest BCUT2D eigenvalue weighted by atomic mass is 15.3. The number of hydrogen-bond acceptors (Lipinski definition) is 5. The molecule has 0 amide bonds. The van der Waals surface area contributed by atoms with Gasteiger partial charge in [0.2, 0.25) is 0 Å². The molecule has 0 aliphatic heterocycles. The second kappa shape index (κ2) is 18.3. The summed E-state index contributed by atoms with van der Waals surface area (Å²) in [5.74, 6) is 0. The van der Waals surface area contributed by atoms with Crippen molar-refractivity contribution in [2.75, 3.05) is 11.9 Å². The summed E-state index contributed by atoms with van der Waals surface area (Å²) in [6.07, 6.45) is 7.76. The molecule has 0 fully saturated rings. The van der Waals surface area contributed by atoms with E-state index in [0.29, 0.717) is 0 Å². The van der Waals surface area contributed by atoms with E-state index in [1.165, 1.54) is 50.1 Å². The predicted molar refractivity (Wildman–Crippen MR) is 268 cm³/mol. The molecule has 0 atom stereocenters. The molecule has 9 aromatic rings. The third kappa shape index (κ3) is 8.35. The van der Waals surface area contributed by atoms with Crippen molar-refractivity contribution in [2.45, 2.75) is 61.3 Å². The van der Waals surface area contributed by atoms with E-state index in [4.69, 9.17) is 10.2 Å². The Bertz CT molecular complexity index is 3020. The van der Waals surface area contributed by atoms with Gasteiger partial charge >= 0.3 is 0 Å². The molecule has 7 heteroatoms. The number of aromatic nitrogens is 4. The number of rotatable bonds is 10. The van der Waals surface area contributed by atoms with Gasteiger partial charge in [0.05, 0.1) is 51.9 Å². The Morgan fingerprint density at radius 2 is 1.11 bits per heavy atom. The van der Waals surface area contributed by atoms with Crippen molar-refractivity contribution in [2.24, 2.45) is 9.98 Å². The Morgan fingerprint density at radius 3 is 1.65 bits per heavy atom. The summed E-state index contributed by atoms with van der Waals surface area (Å²) in [5.41, 5.74) is 20.7. The first-order valence-electron chi connectivity index (χ1n) is 21.7. The summed E-state index contributed by atoms with van der Waals surface area (Å²) < 4.78 is 4.09. The van der Waals surface area contributed by atoms with Gasteiger partial charge in [0.25, 0.3) is 0 Å². The van der Waals surface area contributed by atoms with Crippen LogP contribution < -0.4 is 4.90 Å². The maximum atomic E-state index is 4.87. The number of fused-ring (bicyclic) bond motifs is 2. The molecule has 0 aliphatic rings. The Balaban J connectivity index is 0.000000481. The molecule has 9 rings (SSSR count). The van der Waals surface area contributed by atoms with E-state index in [-0.39, 0.29) is 0 Å². The minimum absolute atomic E-state index is 0.869. The summed E-state index contributed by atoms with van der Waals surface area (Å²) >= 11 is 0. The van der Waals surface area contributed by atoms with Crippen LogP contribution in [0.5, 0.6) is 0 Å². The van der Waals surface area contributed by atoms with E-state index in [1.807, 2.05) is 65.2 Å². The average molecular weight is 826 g/mol. The van der Waals surface area contributed by atoms with Crippen LogP contribution in [-0.2, 0) is 6.42 Å². The van der Waals surface area contributed by atoms with Gasteiger partial charge in [-0.3, -0.25) is 9.98 Å². The zero-order valence-electron chi connectivity index (χ0n) is 37.7.